The average molecular weight is 324 g/mol. The van der Waals surface area contributed by atoms with E-state index in [9.17, 15) is 0 Å². The Morgan fingerprint density at radius 1 is 0.792 bits per heavy atom. The fourth-order valence-corrected chi connectivity index (χ4v) is 2.13. The summed E-state index contributed by atoms with van der Waals surface area (Å²) in [6, 6.07) is 11.4. The van der Waals surface area contributed by atoms with Gasteiger partial charge in [0, 0.05) is 5.56 Å². The van der Waals surface area contributed by atoms with Gasteiger partial charge in [0.2, 0.25) is 5.75 Å². The topological polar surface area (TPSA) is 36.9 Å². The van der Waals surface area contributed by atoms with Crippen molar-refractivity contribution in [1.29, 1.82) is 0 Å². The highest BCUT2D eigenvalue weighted by atomic mass is 16.5. The minimum absolute atomic E-state index is 0.555. The van der Waals surface area contributed by atoms with E-state index in [0.717, 1.165) is 16.9 Å². The molecule has 0 aliphatic carbocycles. The second kappa shape index (κ2) is 8.54. The zero-order valence-corrected chi connectivity index (χ0v) is 14.3. The molecule has 0 radical (unpaired) electrons. The van der Waals surface area contributed by atoms with Gasteiger partial charge >= 0.3 is 0 Å². The lowest BCUT2D eigenvalue weighted by Gasteiger charge is -2.12. The largest absolute Gasteiger partial charge is 0.497 e. The Morgan fingerprint density at radius 2 is 1.42 bits per heavy atom. The second-order valence-electron chi connectivity index (χ2n) is 4.79. The van der Waals surface area contributed by atoms with E-state index in [1.807, 2.05) is 42.5 Å². The fraction of sp³-hybridized carbons (Fsp3) is 0.200. The molecule has 0 N–H and O–H groups in total. The van der Waals surface area contributed by atoms with E-state index >= 15 is 0 Å². The summed E-state index contributed by atoms with van der Waals surface area (Å²) < 4.78 is 21.1. The molecular formula is C20H20O4. The van der Waals surface area contributed by atoms with Crippen molar-refractivity contribution >= 4 is 6.08 Å². The van der Waals surface area contributed by atoms with Crippen LogP contribution in [0.3, 0.4) is 0 Å². The van der Waals surface area contributed by atoms with Crippen molar-refractivity contribution in [3.63, 3.8) is 0 Å². The van der Waals surface area contributed by atoms with Crippen LogP contribution in [-0.2, 0) is 0 Å². The van der Waals surface area contributed by atoms with Gasteiger partial charge in [-0.05, 0) is 42.0 Å². The summed E-state index contributed by atoms with van der Waals surface area (Å²) in [6.45, 7) is 0. The third kappa shape index (κ3) is 4.23. The van der Waals surface area contributed by atoms with Gasteiger partial charge in [0.05, 0.1) is 28.4 Å². The number of rotatable bonds is 5. The molecular weight excluding hydrogens is 304 g/mol. The molecule has 0 heterocycles. The van der Waals surface area contributed by atoms with E-state index in [2.05, 4.69) is 11.8 Å². The van der Waals surface area contributed by atoms with Crippen molar-refractivity contribution in [2.45, 2.75) is 0 Å². The molecule has 4 heteroatoms. The number of methoxy groups -OCH3 is 4. The molecule has 2 aromatic carbocycles. The highest BCUT2D eigenvalue weighted by Gasteiger charge is 2.11. The maximum absolute atomic E-state index is 5.31. The van der Waals surface area contributed by atoms with Gasteiger partial charge in [-0.15, -0.1) is 0 Å². The fourth-order valence-electron chi connectivity index (χ4n) is 2.13. The molecule has 0 unspecified atom stereocenters. The van der Waals surface area contributed by atoms with Crippen LogP contribution in [0.1, 0.15) is 11.1 Å². The standard InChI is InChI=1S/C20H20O4/c1-21-17-11-9-15(10-12-17)7-5-6-8-16-13-18(22-2)20(24-4)19(14-16)23-3/h5,7,9-14H,1-4H3/b7-5-. The number of hydrogen-bond donors (Lipinski definition) is 0. The molecule has 2 aromatic rings. The van der Waals surface area contributed by atoms with Gasteiger partial charge in [-0.25, -0.2) is 0 Å². The molecule has 124 valence electrons. The predicted octanol–water partition coefficient (Wildman–Crippen LogP) is 3.79. The molecule has 0 aromatic heterocycles. The zero-order valence-electron chi connectivity index (χ0n) is 14.3. The Morgan fingerprint density at radius 3 is 1.92 bits per heavy atom. The summed E-state index contributed by atoms with van der Waals surface area (Å²) in [4.78, 5) is 0. The second-order valence-corrected chi connectivity index (χ2v) is 4.79. The average Bonchev–Trinajstić information content (AvgIpc) is 2.64. The van der Waals surface area contributed by atoms with Crippen molar-refractivity contribution < 1.29 is 18.9 Å². The van der Waals surface area contributed by atoms with Gasteiger partial charge in [0.25, 0.3) is 0 Å². The maximum atomic E-state index is 5.31. The van der Waals surface area contributed by atoms with Gasteiger partial charge < -0.3 is 18.9 Å². The molecule has 0 bridgehead atoms. The summed E-state index contributed by atoms with van der Waals surface area (Å²) >= 11 is 0. The Bertz CT molecular complexity index is 739. The number of benzene rings is 2. The molecule has 0 atom stereocenters. The van der Waals surface area contributed by atoms with Crippen molar-refractivity contribution in [3.8, 4) is 34.8 Å². The lowest BCUT2D eigenvalue weighted by atomic mass is 10.1. The minimum Gasteiger partial charge on any atom is -0.497 e. The van der Waals surface area contributed by atoms with Crippen molar-refractivity contribution in [2.75, 3.05) is 28.4 Å². The van der Waals surface area contributed by atoms with Gasteiger partial charge in [-0.3, -0.25) is 0 Å². The third-order valence-corrected chi connectivity index (χ3v) is 3.36. The molecule has 0 amide bonds. The van der Waals surface area contributed by atoms with Crippen LogP contribution in [0.25, 0.3) is 6.08 Å². The number of ether oxygens (including phenoxy) is 4. The van der Waals surface area contributed by atoms with Crippen molar-refractivity contribution in [1.82, 2.24) is 0 Å². The minimum atomic E-state index is 0.555. The molecule has 0 spiro atoms. The highest BCUT2D eigenvalue weighted by molar-refractivity contribution is 5.59. The van der Waals surface area contributed by atoms with Crippen LogP contribution < -0.4 is 18.9 Å². The van der Waals surface area contributed by atoms with Crippen LogP contribution in [0.2, 0.25) is 0 Å². The smallest absolute Gasteiger partial charge is 0.203 e. The van der Waals surface area contributed by atoms with Crippen LogP contribution >= 0.6 is 0 Å². The molecule has 0 saturated carbocycles. The molecule has 0 aliphatic heterocycles. The molecule has 24 heavy (non-hydrogen) atoms. The third-order valence-electron chi connectivity index (χ3n) is 3.36. The molecule has 0 fully saturated rings. The molecule has 0 saturated heterocycles. The van der Waals surface area contributed by atoms with E-state index in [4.69, 9.17) is 18.9 Å². The summed E-state index contributed by atoms with van der Waals surface area (Å²) in [7, 11) is 6.38. The van der Waals surface area contributed by atoms with Crippen molar-refractivity contribution in [3.05, 3.63) is 53.6 Å². The van der Waals surface area contributed by atoms with Gasteiger partial charge in [0.15, 0.2) is 11.5 Å². The zero-order chi connectivity index (χ0) is 17.4. The van der Waals surface area contributed by atoms with E-state index in [0.29, 0.717) is 17.2 Å². The number of allylic oxidation sites excluding steroid dienone is 1. The van der Waals surface area contributed by atoms with Crippen LogP contribution in [0.5, 0.6) is 23.0 Å². The Balaban J connectivity index is 2.19. The van der Waals surface area contributed by atoms with Gasteiger partial charge in [0.1, 0.15) is 5.75 Å². The quantitative estimate of drug-likeness (QED) is 0.784. The highest BCUT2D eigenvalue weighted by Crippen LogP contribution is 2.37. The summed E-state index contributed by atoms with van der Waals surface area (Å²) in [5.41, 5.74) is 1.83. The van der Waals surface area contributed by atoms with Crippen LogP contribution in [0.4, 0.5) is 0 Å². The first-order valence-corrected chi connectivity index (χ1v) is 7.34. The van der Waals surface area contributed by atoms with E-state index in [-0.39, 0.29) is 0 Å². The van der Waals surface area contributed by atoms with Gasteiger partial charge in [-0.2, -0.15) is 0 Å². The first-order chi connectivity index (χ1) is 11.7. The lowest BCUT2D eigenvalue weighted by Crippen LogP contribution is -1.95. The Hall–Kier alpha value is -3.06. The lowest BCUT2D eigenvalue weighted by molar-refractivity contribution is 0.324. The molecule has 4 nitrogen and oxygen atoms in total. The first-order valence-electron chi connectivity index (χ1n) is 7.34. The monoisotopic (exact) mass is 324 g/mol. The first kappa shape index (κ1) is 17.3. The van der Waals surface area contributed by atoms with Crippen LogP contribution in [0, 0.1) is 11.8 Å². The maximum Gasteiger partial charge on any atom is 0.203 e. The molecule has 2 rings (SSSR count). The number of hydrogen-bond acceptors (Lipinski definition) is 4. The predicted molar refractivity (Wildman–Crippen MR) is 95.0 cm³/mol. The van der Waals surface area contributed by atoms with Gasteiger partial charge in [-0.1, -0.05) is 24.0 Å². The normalized spacial score (nSPS) is 10.0. The van der Waals surface area contributed by atoms with Crippen LogP contribution in [-0.4, -0.2) is 28.4 Å². The summed E-state index contributed by atoms with van der Waals surface area (Å²) in [5.74, 6) is 8.62. The van der Waals surface area contributed by atoms with E-state index in [1.54, 1.807) is 34.5 Å². The van der Waals surface area contributed by atoms with E-state index in [1.165, 1.54) is 0 Å². The molecule has 0 aliphatic rings. The Labute approximate surface area is 142 Å². The van der Waals surface area contributed by atoms with Crippen LogP contribution in [0.15, 0.2) is 42.5 Å². The Kier molecular flexibility index (Phi) is 6.16. The SMILES string of the molecule is COc1ccc(/C=C\C#Cc2cc(OC)c(OC)c(OC)c2)cc1. The summed E-state index contributed by atoms with van der Waals surface area (Å²) in [6.07, 6.45) is 3.73. The van der Waals surface area contributed by atoms with E-state index < -0.39 is 0 Å². The summed E-state index contributed by atoms with van der Waals surface area (Å²) in [5, 5.41) is 0. The van der Waals surface area contributed by atoms with Crippen molar-refractivity contribution in [2.24, 2.45) is 0 Å².